The molecule has 0 saturated carbocycles. The smallest absolute Gasteiger partial charge is 0.227 e. The molecule has 1 aromatic rings. The van der Waals surface area contributed by atoms with Gasteiger partial charge in [0.1, 0.15) is 5.84 Å². The van der Waals surface area contributed by atoms with Gasteiger partial charge in [0.05, 0.1) is 6.42 Å². The minimum atomic E-state index is -0.260. The second kappa shape index (κ2) is 6.39. The number of rotatable bonds is 5. The first-order valence-corrected chi connectivity index (χ1v) is 4.84. The largest absolute Gasteiger partial charge is 0.409 e. The maximum atomic E-state index is 11.2. The van der Waals surface area contributed by atoms with E-state index >= 15 is 0 Å². The van der Waals surface area contributed by atoms with Gasteiger partial charge in [0.25, 0.3) is 0 Å². The second-order valence-corrected chi connectivity index (χ2v) is 3.22. The molecule has 0 aliphatic heterocycles. The van der Waals surface area contributed by atoms with Gasteiger partial charge in [-0.3, -0.25) is 9.78 Å². The van der Waals surface area contributed by atoms with E-state index in [0.717, 1.165) is 12.0 Å². The van der Waals surface area contributed by atoms with Crippen molar-refractivity contribution in [3.63, 3.8) is 0 Å². The van der Waals surface area contributed by atoms with E-state index < -0.39 is 0 Å². The number of amidine groups is 1. The Balaban J connectivity index is 2.23. The lowest BCUT2D eigenvalue weighted by molar-refractivity contribution is -0.119. The molecule has 0 spiro atoms. The van der Waals surface area contributed by atoms with Gasteiger partial charge < -0.3 is 16.3 Å². The van der Waals surface area contributed by atoms with Crippen molar-refractivity contribution in [3.8, 4) is 0 Å². The minimum Gasteiger partial charge on any atom is -0.409 e. The van der Waals surface area contributed by atoms with Crippen molar-refractivity contribution in [3.05, 3.63) is 30.1 Å². The maximum Gasteiger partial charge on any atom is 0.227 e. The summed E-state index contributed by atoms with van der Waals surface area (Å²) in [6.07, 6.45) is 4.04. The number of nitrogens with zero attached hydrogens (tertiary/aromatic N) is 2. The number of nitrogens with two attached hydrogens (primary N) is 1. The summed E-state index contributed by atoms with van der Waals surface area (Å²) in [6.45, 7) is 0.515. The molecule has 1 aromatic heterocycles. The third kappa shape index (κ3) is 4.41. The SMILES string of the molecule is NC(CC(=O)NCCc1ccncc1)=NO. The molecule has 16 heavy (non-hydrogen) atoms. The molecule has 0 radical (unpaired) electrons. The van der Waals surface area contributed by atoms with E-state index in [2.05, 4.69) is 15.5 Å². The highest BCUT2D eigenvalue weighted by Crippen LogP contribution is 1.95. The van der Waals surface area contributed by atoms with Gasteiger partial charge in [-0.25, -0.2) is 0 Å². The second-order valence-electron chi connectivity index (χ2n) is 3.22. The molecule has 0 unspecified atom stereocenters. The number of carbonyl (C=O) groups excluding carboxylic acids is 1. The molecule has 0 atom stereocenters. The zero-order chi connectivity index (χ0) is 11.8. The topological polar surface area (TPSA) is 101 Å². The molecule has 0 fully saturated rings. The van der Waals surface area contributed by atoms with Gasteiger partial charge in [-0.15, -0.1) is 0 Å². The Morgan fingerprint density at radius 3 is 2.81 bits per heavy atom. The van der Waals surface area contributed by atoms with Crippen molar-refractivity contribution in [2.75, 3.05) is 6.54 Å². The molecule has 0 aliphatic carbocycles. The van der Waals surface area contributed by atoms with Crippen LogP contribution < -0.4 is 11.1 Å². The molecule has 6 heteroatoms. The molecule has 0 saturated heterocycles. The Hall–Kier alpha value is -2.11. The van der Waals surface area contributed by atoms with Crippen LogP contribution in [-0.2, 0) is 11.2 Å². The predicted octanol–water partition coefficient (Wildman–Crippen LogP) is -0.123. The van der Waals surface area contributed by atoms with Crippen LogP contribution >= 0.6 is 0 Å². The zero-order valence-corrected chi connectivity index (χ0v) is 8.76. The monoisotopic (exact) mass is 222 g/mol. The number of aromatic nitrogens is 1. The molecule has 6 nitrogen and oxygen atoms in total. The van der Waals surface area contributed by atoms with Crippen LogP contribution in [0.2, 0.25) is 0 Å². The number of pyridine rings is 1. The fourth-order valence-electron chi connectivity index (χ4n) is 1.16. The third-order valence-electron chi connectivity index (χ3n) is 1.96. The lowest BCUT2D eigenvalue weighted by Crippen LogP contribution is -2.30. The Labute approximate surface area is 93.2 Å². The summed E-state index contributed by atoms with van der Waals surface area (Å²) in [4.78, 5) is 15.1. The molecule has 1 rings (SSSR count). The summed E-state index contributed by atoms with van der Waals surface area (Å²) in [5.74, 6) is -0.356. The molecule has 0 bridgehead atoms. The molecule has 1 amide bonds. The lowest BCUT2D eigenvalue weighted by atomic mass is 10.2. The van der Waals surface area contributed by atoms with E-state index in [-0.39, 0.29) is 18.2 Å². The fourth-order valence-corrected chi connectivity index (χ4v) is 1.16. The maximum absolute atomic E-state index is 11.2. The molecule has 4 N–H and O–H groups in total. The van der Waals surface area contributed by atoms with Crippen LogP contribution in [-0.4, -0.2) is 28.5 Å². The van der Waals surface area contributed by atoms with Crippen molar-refractivity contribution in [1.82, 2.24) is 10.3 Å². The first-order valence-electron chi connectivity index (χ1n) is 4.84. The number of carbonyl (C=O) groups is 1. The summed E-state index contributed by atoms with van der Waals surface area (Å²) in [7, 11) is 0. The van der Waals surface area contributed by atoms with E-state index in [0.29, 0.717) is 6.54 Å². The van der Waals surface area contributed by atoms with Crippen LogP contribution in [0.15, 0.2) is 29.7 Å². The third-order valence-corrected chi connectivity index (χ3v) is 1.96. The molecule has 86 valence electrons. The van der Waals surface area contributed by atoms with Gasteiger partial charge in [-0.1, -0.05) is 5.16 Å². The van der Waals surface area contributed by atoms with E-state index in [9.17, 15) is 4.79 Å². The van der Waals surface area contributed by atoms with Crippen LogP contribution in [0.5, 0.6) is 0 Å². The van der Waals surface area contributed by atoms with Gasteiger partial charge in [0.2, 0.25) is 5.91 Å². The van der Waals surface area contributed by atoms with Gasteiger partial charge in [0.15, 0.2) is 0 Å². The van der Waals surface area contributed by atoms with Crippen molar-refractivity contribution >= 4 is 11.7 Å². The Kier molecular flexibility index (Phi) is 4.78. The van der Waals surface area contributed by atoms with E-state index in [4.69, 9.17) is 10.9 Å². The molecule has 1 heterocycles. The van der Waals surface area contributed by atoms with Crippen molar-refractivity contribution in [2.45, 2.75) is 12.8 Å². The standard InChI is InChI=1S/C10H14N4O2/c11-9(14-16)7-10(15)13-6-3-8-1-4-12-5-2-8/h1-2,4-5,16H,3,6-7H2,(H2,11,14)(H,13,15). The first kappa shape index (κ1) is 12.0. The van der Waals surface area contributed by atoms with E-state index in [1.807, 2.05) is 12.1 Å². The van der Waals surface area contributed by atoms with E-state index in [1.165, 1.54) is 0 Å². The van der Waals surface area contributed by atoms with Crippen molar-refractivity contribution < 1.29 is 10.0 Å². The molecular weight excluding hydrogens is 208 g/mol. The van der Waals surface area contributed by atoms with Gasteiger partial charge in [0, 0.05) is 18.9 Å². The average molecular weight is 222 g/mol. The molecule has 0 aliphatic rings. The number of hydrogen-bond acceptors (Lipinski definition) is 4. The van der Waals surface area contributed by atoms with Crippen LogP contribution in [0.3, 0.4) is 0 Å². The summed E-state index contributed by atoms with van der Waals surface area (Å²) in [5, 5.41) is 13.6. The van der Waals surface area contributed by atoms with Crippen molar-refractivity contribution in [2.24, 2.45) is 10.9 Å². The van der Waals surface area contributed by atoms with Gasteiger partial charge in [-0.2, -0.15) is 0 Å². The number of amides is 1. The Morgan fingerprint density at radius 2 is 2.19 bits per heavy atom. The van der Waals surface area contributed by atoms with Crippen LogP contribution in [0.25, 0.3) is 0 Å². The highest BCUT2D eigenvalue weighted by atomic mass is 16.4. The summed E-state index contributed by atoms with van der Waals surface area (Å²) in [5.41, 5.74) is 6.28. The highest BCUT2D eigenvalue weighted by molar-refractivity contribution is 5.98. The Bertz CT molecular complexity index is 364. The fraction of sp³-hybridized carbons (Fsp3) is 0.300. The zero-order valence-electron chi connectivity index (χ0n) is 8.76. The van der Waals surface area contributed by atoms with Crippen LogP contribution in [0, 0.1) is 0 Å². The first-order chi connectivity index (χ1) is 7.72. The Morgan fingerprint density at radius 1 is 1.50 bits per heavy atom. The average Bonchev–Trinajstić information content (AvgIpc) is 2.30. The highest BCUT2D eigenvalue weighted by Gasteiger charge is 2.03. The normalized spacial score (nSPS) is 11.1. The lowest BCUT2D eigenvalue weighted by Gasteiger charge is -2.04. The van der Waals surface area contributed by atoms with E-state index in [1.54, 1.807) is 12.4 Å². The van der Waals surface area contributed by atoms with Gasteiger partial charge in [-0.05, 0) is 24.1 Å². The van der Waals surface area contributed by atoms with Crippen molar-refractivity contribution in [1.29, 1.82) is 0 Å². The van der Waals surface area contributed by atoms with Crippen LogP contribution in [0.4, 0.5) is 0 Å². The summed E-state index contributed by atoms with van der Waals surface area (Å²) in [6, 6.07) is 3.77. The predicted molar refractivity (Wildman–Crippen MR) is 59.0 cm³/mol. The summed E-state index contributed by atoms with van der Waals surface area (Å²) < 4.78 is 0. The van der Waals surface area contributed by atoms with Crippen LogP contribution in [0.1, 0.15) is 12.0 Å². The number of nitrogens with one attached hydrogen (secondary N) is 1. The summed E-state index contributed by atoms with van der Waals surface area (Å²) >= 11 is 0. The quantitative estimate of drug-likeness (QED) is 0.280. The van der Waals surface area contributed by atoms with Gasteiger partial charge >= 0.3 is 0 Å². The minimum absolute atomic E-state index is 0.0904. The number of hydrogen-bond donors (Lipinski definition) is 3. The number of oxime groups is 1. The molecular formula is C10H14N4O2. The molecule has 0 aromatic carbocycles.